The summed E-state index contributed by atoms with van der Waals surface area (Å²) in [4.78, 5) is 4.52. The van der Waals surface area contributed by atoms with Crippen molar-refractivity contribution in [3.63, 3.8) is 0 Å². The predicted octanol–water partition coefficient (Wildman–Crippen LogP) is 4.71. The molecule has 0 spiro atoms. The Bertz CT molecular complexity index is 804. The Morgan fingerprint density at radius 2 is 2.04 bits per heavy atom. The Morgan fingerprint density at radius 3 is 2.78 bits per heavy atom. The summed E-state index contributed by atoms with van der Waals surface area (Å²) >= 11 is 0. The van der Waals surface area contributed by atoms with Crippen LogP contribution in [0.4, 0.5) is 4.39 Å². The maximum absolute atomic E-state index is 13.4. The third kappa shape index (κ3) is 3.97. The van der Waals surface area contributed by atoms with Gasteiger partial charge in [0.15, 0.2) is 0 Å². The van der Waals surface area contributed by atoms with Crippen molar-refractivity contribution < 1.29 is 14.2 Å². The average Bonchev–Trinajstić information content (AvgIpc) is 3.03. The van der Waals surface area contributed by atoms with Gasteiger partial charge in [0, 0.05) is 24.8 Å². The summed E-state index contributed by atoms with van der Waals surface area (Å²) in [6, 6.07) is 10.5. The molecule has 0 bridgehead atoms. The molecule has 3 nitrogen and oxygen atoms in total. The van der Waals surface area contributed by atoms with Gasteiger partial charge in [-0.1, -0.05) is 24.3 Å². The van der Waals surface area contributed by atoms with E-state index in [2.05, 4.69) is 17.1 Å². The Balaban J connectivity index is 1.49. The van der Waals surface area contributed by atoms with E-state index >= 15 is 0 Å². The zero-order valence-corrected chi connectivity index (χ0v) is 15.6. The van der Waals surface area contributed by atoms with Crippen LogP contribution in [0.3, 0.4) is 0 Å². The van der Waals surface area contributed by atoms with Gasteiger partial charge in [-0.05, 0) is 67.4 Å². The molecule has 5 atom stereocenters. The number of hydrogen-bond acceptors (Lipinski definition) is 3. The molecule has 1 heterocycles. The number of hydrogen-bond donors (Lipinski definition) is 1. The largest absolute Gasteiger partial charge is 0.393 e. The fraction of sp³-hybridized carbons (Fsp3) is 0.435. The predicted molar refractivity (Wildman–Crippen MR) is 104 cm³/mol. The second kappa shape index (κ2) is 7.91. The van der Waals surface area contributed by atoms with E-state index < -0.39 is 0 Å². The molecule has 4 rings (SSSR count). The number of nitrogens with zero attached hydrogens (tertiary/aromatic N) is 1. The number of aromatic nitrogens is 1. The zero-order chi connectivity index (χ0) is 18.8. The summed E-state index contributed by atoms with van der Waals surface area (Å²) in [6.45, 7) is 0. The van der Waals surface area contributed by atoms with Crippen LogP contribution in [0.2, 0.25) is 0 Å². The monoisotopic (exact) mass is 367 g/mol. The average molecular weight is 367 g/mol. The van der Waals surface area contributed by atoms with E-state index in [4.69, 9.17) is 4.74 Å². The van der Waals surface area contributed by atoms with Gasteiger partial charge in [-0.2, -0.15) is 0 Å². The number of fused-ring (bicyclic) bond motifs is 1. The van der Waals surface area contributed by atoms with Crippen molar-refractivity contribution in [2.24, 2.45) is 17.8 Å². The first-order valence-corrected chi connectivity index (χ1v) is 9.75. The minimum atomic E-state index is -0.240. The van der Waals surface area contributed by atoms with Gasteiger partial charge in [-0.15, -0.1) is 0 Å². The molecule has 0 aliphatic heterocycles. The third-order valence-corrected chi connectivity index (χ3v) is 6.21. The van der Waals surface area contributed by atoms with Crippen molar-refractivity contribution >= 4 is 6.08 Å². The van der Waals surface area contributed by atoms with Crippen molar-refractivity contribution in [1.82, 2.24) is 4.98 Å². The number of rotatable bonds is 4. The Kier molecular flexibility index (Phi) is 5.37. The number of methoxy groups -OCH3 is 1. The topological polar surface area (TPSA) is 42.4 Å². The van der Waals surface area contributed by atoms with E-state index in [1.807, 2.05) is 18.2 Å². The van der Waals surface area contributed by atoms with Crippen LogP contribution in [0.5, 0.6) is 0 Å². The molecule has 2 saturated carbocycles. The SMILES string of the molecule is CO[C@@H]1C[C@H]2C[C@H](O)CC[C@@H]2[C@@H]1C=Cc1ccc(-c2cccc(F)c2)cn1. The quantitative estimate of drug-likeness (QED) is 0.851. The maximum Gasteiger partial charge on any atom is 0.123 e. The van der Waals surface area contributed by atoms with Crippen molar-refractivity contribution in [3.05, 3.63) is 60.2 Å². The van der Waals surface area contributed by atoms with Gasteiger partial charge >= 0.3 is 0 Å². The number of pyridine rings is 1. The van der Waals surface area contributed by atoms with Crippen molar-refractivity contribution in [1.29, 1.82) is 0 Å². The number of aliphatic hydroxyl groups excluding tert-OH is 1. The summed E-state index contributed by atoms with van der Waals surface area (Å²) in [5.74, 6) is 1.27. The van der Waals surface area contributed by atoms with Gasteiger partial charge in [0.2, 0.25) is 0 Å². The third-order valence-electron chi connectivity index (χ3n) is 6.21. The number of ether oxygens (including phenoxy) is 1. The number of aliphatic hydroxyl groups is 1. The zero-order valence-electron chi connectivity index (χ0n) is 15.6. The van der Waals surface area contributed by atoms with Crippen LogP contribution in [0.15, 0.2) is 48.7 Å². The summed E-state index contributed by atoms with van der Waals surface area (Å²) in [6.07, 6.45) is 10.0. The molecule has 2 aromatic rings. The highest BCUT2D eigenvalue weighted by Crippen LogP contribution is 2.47. The highest BCUT2D eigenvalue weighted by Gasteiger charge is 2.44. The molecule has 0 radical (unpaired) electrons. The molecule has 2 fully saturated rings. The maximum atomic E-state index is 13.4. The first-order chi connectivity index (χ1) is 13.1. The first-order valence-electron chi connectivity index (χ1n) is 9.75. The minimum Gasteiger partial charge on any atom is -0.393 e. The Morgan fingerprint density at radius 1 is 1.15 bits per heavy atom. The molecule has 0 amide bonds. The summed E-state index contributed by atoms with van der Waals surface area (Å²) in [5.41, 5.74) is 2.63. The smallest absolute Gasteiger partial charge is 0.123 e. The van der Waals surface area contributed by atoms with E-state index in [1.165, 1.54) is 12.1 Å². The van der Waals surface area contributed by atoms with Gasteiger partial charge in [0.25, 0.3) is 0 Å². The summed E-state index contributed by atoms with van der Waals surface area (Å²) in [7, 11) is 1.78. The van der Waals surface area contributed by atoms with Gasteiger partial charge < -0.3 is 9.84 Å². The van der Waals surface area contributed by atoms with Gasteiger partial charge in [0.1, 0.15) is 5.82 Å². The van der Waals surface area contributed by atoms with Crippen LogP contribution in [-0.4, -0.2) is 29.4 Å². The highest BCUT2D eigenvalue weighted by atomic mass is 19.1. The van der Waals surface area contributed by atoms with Crippen LogP contribution in [-0.2, 0) is 4.74 Å². The molecule has 1 aromatic carbocycles. The molecule has 2 aliphatic carbocycles. The first kappa shape index (κ1) is 18.3. The van der Waals surface area contributed by atoms with Crippen LogP contribution in [0.25, 0.3) is 17.2 Å². The Hall–Kier alpha value is -2.04. The molecule has 142 valence electrons. The van der Waals surface area contributed by atoms with E-state index in [0.29, 0.717) is 17.8 Å². The molecule has 27 heavy (non-hydrogen) atoms. The summed E-state index contributed by atoms with van der Waals surface area (Å²) in [5, 5.41) is 9.95. The molecule has 0 unspecified atom stereocenters. The molecule has 2 aliphatic rings. The lowest BCUT2D eigenvalue weighted by atomic mass is 9.76. The van der Waals surface area contributed by atoms with Crippen LogP contribution in [0, 0.1) is 23.6 Å². The molecule has 0 saturated heterocycles. The molecule has 4 heteroatoms. The van der Waals surface area contributed by atoms with Crippen molar-refractivity contribution in [2.45, 2.75) is 37.9 Å². The number of halogens is 1. The lowest BCUT2D eigenvalue weighted by Crippen LogP contribution is -2.27. The van der Waals surface area contributed by atoms with E-state index in [0.717, 1.165) is 42.5 Å². The van der Waals surface area contributed by atoms with Crippen LogP contribution in [0.1, 0.15) is 31.4 Å². The summed E-state index contributed by atoms with van der Waals surface area (Å²) < 4.78 is 19.1. The van der Waals surface area contributed by atoms with Gasteiger partial charge in [-0.3, -0.25) is 4.98 Å². The number of benzene rings is 1. The highest BCUT2D eigenvalue weighted by molar-refractivity contribution is 5.63. The normalized spacial score (nSPS) is 30.6. The lowest BCUT2D eigenvalue weighted by Gasteiger charge is -2.31. The van der Waals surface area contributed by atoms with E-state index in [9.17, 15) is 9.50 Å². The van der Waals surface area contributed by atoms with Crippen molar-refractivity contribution in [3.8, 4) is 11.1 Å². The molecule has 1 N–H and O–H groups in total. The van der Waals surface area contributed by atoms with Crippen LogP contribution >= 0.6 is 0 Å². The van der Waals surface area contributed by atoms with Gasteiger partial charge in [-0.25, -0.2) is 4.39 Å². The Labute approximate surface area is 159 Å². The lowest BCUT2D eigenvalue weighted by molar-refractivity contribution is 0.0699. The van der Waals surface area contributed by atoms with E-state index in [1.54, 1.807) is 19.4 Å². The van der Waals surface area contributed by atoms with Gasteiger partial charge in [0.05, 0.1) is 17.9 Å². The second-order valence-electron chi connectivity index (χ2n) is 7.82. The fourth-order valence-corrected chi connectivity index (χ4v) is 4.84. The molecule has 1 aromatic heterocycles. The molecular formula is C23H26FNO2. The fourth-order valence-electron chi connectivity index (χ4n) is 4.84. The van der Waals surface area contributed by atoms with E-state index in [-0.39, 0.29) is 18.0 Å². The molecular weight excluding hydrogens is 341 g/mol. The standard InChI is InChI=1S/C23H26FNO2/c1-27-23-13-17-12-20(26)8-10-21(17)22(23)9-7-19-6-5-16(14-25-19)15-3-2-4-18(24)11-15/h2-7,9,11,14,17,20-23,26H,8,10,12-13H2,1H3/t17-,20-,21+,22+,23-/m1/s1. The second-order valence-corrected chi connectivity index (χ2v) is 7.82. The minimum absolute atomic E-state index is 0.150. The van der Waals surface area contributed by atoms with Crippen molar-refractivity contribution in [2.75, 3.05) is 7.11 Å². The van der Waals surface area contributed by atoms with Crippen LogP contribution < -0.4 is 0 Å².